The zero-order valence-corrected chi connectivity index (χ0v) is 16.8. The van der Waals surface area contributed by atoms with Crippen molar-refractivity contribution in [2.45, 2.75) is 43.4 Å². The molecule has 1 saturated heterocycles. The van der Waals surface area contributed by atoms with Crippen LogP contribution in [0.5, 0.6) is 5.75 Å². The molecule has 1 heterocycles. The van der Waals surface area contributed by atoms with Gasteiger partial charge in [0.2, 0.25) is 10.0 Å². The molecule has 2 unspecified atom stereocenters. The van der Waals surface area contributed by atoms with Crippen LogP contribution in [0.15, 0.2) is 53.4 Å². The maximum Gasteiger partial charge on any atom is 0.261 e. The quantitative estimate of drug-likeness (QED) is 0.483. The lowest BCUT2D eigenvalue weighted by Gasteiger charge is -2.35. The first-order chi connectivity index (χ1) is 13.8. The number of carbonyl (C=O) groups excluding carboxylic acids is 1. The highest BCUT2D eigenvalue weighted by Crippen LogP contribution is 2.27. The second-order valence-electron chi connectivity index (χ2n) is 6.98. The normalized spacial score (nSPS) is 20.2. The highest BCUT2D eigenvalue weighted by atomic mass is 32.2. The average molecular weight is 420 g/mol. The Hall–Kier alpha value is -2.46. The minimum atomic E-state index is -4.04. The summed E-state index contributed by atoms with van der Waals surface area (Å²) in [6, 6.07) is 12.6. The summed E-state index contributed by atoms with van der Waals surface area (Å²) in [5.74, 6) is -0.311. The van der Waals surface area contributed by atoms with Gasteiger partial charge < -0.3 is 9.84 Å². The van der Waals surface area contributed by atoms with Gasteiger partial charge in [-0.2, -0.15) is 4.31 Å². The largest absolute Gasteiger partial charge is 0.489 e. The summed E-state index contributed by atoms with van der Waals surface area (Å²) in [6.45, 7) is 2.13. The lowest BCUT2D eigenvalue weighted by molar-refractivity contribution is -0.135. The van der Waals surface area contributed by atoms with Gasteiger partial charge in [-0.3, -0.25) is 10.0 Å². The number of ether oxygens (including phenoxy) is 1. The third-order valence-corrected chi connectivity index (χ3v) is 6.90. The van der Waals surface area contributed by atoms with Gasteiger partial charge in [-0.25, -0.2) is 13.9 Å². The van der Waals surface area contributed by atoms with Gasteiger partial charge in [0.25, 0.3) is 5.91 Å². The van der Waals surface area contributed by atoms with Gasteiger partial charge in [-0.05, 0) is 55.2 Å². The molecule has 1 fully saturated rings. The number of β-amino-alcohol motifs (C(OH)–C–C–N with tert-alkyl or cyclic N) is 1. The van der Waals surface area contributed by atoms with E-state index in [2.05, 4.69) is 0 Å². The molecule has 0 saturated carbocycles. The van der Waals surface area contributed by atoms with Crippen molar-refractivity contribution in [3.8, 4) is 5.75 Å². The van der Waals surface area contributed by atoms with E-state index in [1.165, 1.54) is 17.6 Å². The molecule has 156 valence electrons. The van der Waals surface area contributed by atoms with Crippen LogP contribution in [0.4, 0.5) is 0 Å². The summed E-state index contributed by atoms with van der Waals surface area (Å²) in [6.07, 6.45) is -0.482. The molecular weight excluding hydrogens is 396 g/mol. The van der Waals surface area contributed by atoms with Crippen molar-refractivity contribution < 1.29 is 28.3 Å². The fraction of sp³-hybridized carbons (Fsp3) is 0.350. The van der Waals surface area contributed by atoms with Crippen LogP contribution in [0.25, 0.3) is 0 Å². The Bertz CT molecular complexity index is 961. The number of aliphatic hydroxyl groups excluding tert-OH is 1. The molecule has 3 N–H and O–H groups in total. The first-order valence-corrected chi connectivity index (χ1v) is 10.7. The number of hydrogen-bond acceptors (Lipinski definition) is 6. The van der Waals surface area contributed by atoms with Crippen molar-refractivity contribution in [3.05, 3.63) is 59.7 Å². The fourth-order valence-electron chi connectivity index (χ4n) is 3.30. The van der Waals surface area contributed by atoms with Gasteiger partial charge in [0, 0.05) is 6.54 Å². The SMILES string of the molecule is Cc1ccccc1COc1ccc(S(=O)(=O)N2CC(O)CCC2C(=O)NO)cc1. The number of hydrogen-bond donors (Lipinski definition) is 3. The third kappa shape index (κ3) is 4.76. The Balaban J connectivity index is 1.76. The van der Waals surface area contributed by atoms with Gasteiger partial charge in [-0.15, -0.1) is 0 Å². The van der Waals surface area contributed by atoms with E-state index in [9.17, 15) is 18.3 Å². The number of benzene rings is 2. The number of carbonyl (C=O) groups is 1. The number of amides is 1. The monoisotopic (exact) mass is 420 g/mol. The number of hydroxylamine groups is 1. The summed E-state index contributed by atoms with van der Waals surface area (Å²) >= 11 is 0. The number of rotatable bonds is 6. The second-order valence-corrected chi connectivity index (χ2v) is 8.87. The minimum absolute atomic E-state index is 0.0226. The highest BCUT2D eigenvalue weighted by molar-refractivity contribution is 7.89. The first kappa shape index (κ1) is 21.3. The number of sulfonamides is 1. The van der Waals surface area contributed by atoms with Crippen LogP contribution < -0.4 is 10.2 Å². The van der Waals surface area contributed by atoms with Crippen LogP contribution in [0.1, 0.15) is 24.0 Å². The van der Waals surface area contributed by atoms with Crippen LogP contribution in [-0.4, -0.2) is 47.6 Å². The molecule has 9 heteroatoms. The molecule has 2 atom stereocenters. The summed E-state index contributed by atoms with van der Waals surface area (Å²) < 4.78 is 32.7. The topological polar surface area (TPSA) is 116 Å². The van der Waals surface area contributed by atoms with Gasteiger partial charge in [-0.1, -0.05) is 24.3 Å². The van der Waals surface area contributed by atoms with Crippen LogP contribution in [0, 0.1) is 6.92 Å². The number of nitrogens with one attached hydrogen (secondary N) is 1. The summed E-state index contributed by atoms with van der Waals surface area (Å²) in [7, 11) is -4.04. The van der Waals surface area contributed by atoms with Gasteiger partial charge in [0.05, 0.1) is 11.0 Å². The first-order valence-electron chi connectivity index (χ1n) is 9.24. The molecule has 2 aromatic carbocycles. The Morgan fingerprint density at radius 1 is 1.17 bits per heavy atom. The smallest absolute Gasteiger partial charge is 0.261 e. The Morgan fingerprint density at radius 3 is 2.52 bits per heavy atom. The number of nitrogens with zero attached hydrogens (tertiary/aromatic N) is 1. The second kappa shape index (κ2) is 8.91. The van der Waals surface area contributed by atoms with Crippen LogP contribution >= 0.6 is 0 Å². The number of aliphatic hydroxyl groups is 1. The molecule has 1 amide bonds. The predicted octanol–water partition coefficient (Wildman–Crippen LogP) is 1.59. The van der Waals surface area contributed by atoms with E-state index in [1.807, 2.05) is 31.2 Å². The standard InChI is InChI=1S/C20H24N2O6S/c1-14-4-2-3-5-15(14)13-28-17-7-9-18(10-8-17)29(26,27)22-12-16(23)6-11-19(22)20(24)21-25/h2-5,7-10,16,19,23,25H,6,11-13H2,1H3,(H,21,24). The van der Waals surface area contributed by atoms with E-state index in [-0.39, 0.29) is 24.3 Å². The molecule has 0 aliphatic carbocycles. The predicted molar refractivity (Wildman–Crippen MR) is 105 cm³/mol. The van der Waals surface area contributed by atoms with Crippen molar-refractivity contribution in [2.24, 2.45) is 0 Å². The fourth-order valence-corrected chi connectivity index (χ4v) is 4.95. The molecule has 0 spiro atoms. The Labute approximate surface area is 169 Å². The van der Waals surface area contributed by atoms with Crippen LogP contribution in [0.2, 0.25) is 0 Å². The van der Waals surface area contributed by atoms with E-state index in [1.54, 1.807) is 12.1 Å². The summed E-state index contributed by atoms with van der Waals surface area (Å²) in [4.78, 5) is 11.9. The van der Waals surface area contributed by atoms with Crippen molar-refractivity contribution in [1.82, 2.24) is 9.79 Å². The molecule has 1 aliphatic heterocycles. The molecule has 3 rings (SSSR count). The maximum atomic E-state index is 13.0. The molecule has 29 heavy (non-hydrogen) atoms. The lowest BCUT2D eigenvalue weighted by Crippen LogP contribution is -2.54. The van der Waals surface area contributed by atoms with E-state index < -0.39 is 28.1 Å². The number of piperidine rings is 1. The van der Waals surface area contributed by atoms with E-state index >= 15 is 0 Å². The zero-order chi connectivity index (χ0) is 21.0. The van der Waals surface area contributed by atoms with Crippen LogP contribution in [0.3, 0.4) is 0 Å². The summed E-state index contributed by atoms with van der Waals surface area (Å²) in [5.41, 5.74) is 3.63. The van der Waals surface area contributed by atoms with Gasteiger partial charge in [0.15, 0.2) is 0 Å². The minimum Gasteiger partial charge on any atom is -0.489 e. The molecule has 0 radical (unpaired) electrons. The third-order valence-electron chi connectivity index (χ3n) is 5.01. The molecule has 2 aromatic rings. The highest BCUT2D eigenvalue weighted by Gasteiger charge is 2.40. The number of aryl methyl sites for hydroxylation is 1. The lowest BCUT2D eigenvalue weighted by atomic mass is 10.0. The van der Waals surface area contributed by atoms with Crippen molar-refractivity contribution in [1.29, 1.82) is 0 Å². The van der Waals surface area contributed by atoms with Crippen molar-refractivity contribution in [2.75, 3.05) is 6.54 Å². The molecule has 0 bridgehead atoms. The van der Waals surface area contributed by atoms with E-state index in [4.69, 9.17) is 9.94 Å². The average Bonchev–Trinajstić information content (AvgIpc) is 2.73. The molecule has 1 aliphatic rings. The van der Waals surface area contributed by atoms with Gasteiger partial charge >= 0.3 is 0 Å². The Kier molecular flexibility index (Phi) is 6.53. The van der Waals surface area contributed by atoms with E-state index in [0.29, 0.717) is 12.4 Å². The van der Waals surface area contributed by atoms with Crippen LogP contribution in [-0.2, 0) is 21.4 Å². The summed E-state index contributed by atoms with van der Waals surface area (Å²) in [5, 5.41) is 18.8. The zero-order valence-electron chi connectivity index (χ0n) is 16.0. The van der Waals surface area contributed by atoms with E-state index in [0.717, 1.165) is 15.4 Å². The molecule has 0 aromatic heterocycles. The Morgan fingerprint density at radius 2 is 1.86 bits per heavy atom. The molecular formula is C20H24N2O6S. The maximum absolute atomic E-state index is 13.0. The van der Waals surface area contributed by atoms with Gasteiger partial charge in [0.1, 0.15) is 18.4 Å². The van der Waals surface area contributed by atoms with Crippen molar-refractivity contribution in [3.63, 3.8) is 0 Å². The molecule has 8 nitrogen and oxygen atoms in total. The van der Waals surface area contributed by atoms with Crippen molar-refractivity contribution >= 4 is 15.9 Å².